The van der Waals surface area contributed by atoms with Crippen molar-refractivity contribution in [3.05, 3.63) is 87.3 Å². The van der Waals surface area contributed by atoms with Gasteiger partial charge < -0.3 is 10.0 Å². The minimum absolute atomic E-state index is 0.0104. The Bertz CT molecular complexity index is 1390. The lowest BCUT2D eigenvalue weighted by Crippen LogP contribution is -2.22. The highest BCUT2D eigenvalue weighted by Gasteiger charge is 2.16. The van der Waals surface area contributed by atoms with Crippen LogP contribution in [0, 0.1) is 27.7 Å². The fourth-order valence-corrected chi connectivity index (χ4v) is 5.31. The predicted molar refractivity (Wildman–Crippen MR) is 159 cm³/mol. The fourth-order valence-electron chi connectivity index (χ4n) is 4.14. The number of nitrogens with zero attached hydrogens (tertiary/aromatic N) is 3. The zero-order valence-corrected chi connectivity index (χ0v) is 24.7. The monoisotopic (exact) mass is 553 g/mol. The number of halogens is 1. The Kier molecular flexibility index (Phi) is 11.9. The van der Waals surface area contributed by atoms with Crippen LogP contribution in [0.4, 0.5) is 5.69 Å². The standard InChI is InChI=1S/C18H19N3OS.C10H11ClO2.C2H6/c1-11-7-12(2)18-15(20-23-17(18)8-11)9-21(10-22)16-6-5-13(3)19-14(16)4;1-7(5-10(12)13)8-3-2-4-9(11)6-8;1-2/h5-8,10H,9H2,1-4H3;2-4,6-7H,5H2,1H3,(H,12,13);1-2H3. The van der Waals surface area contributed by atoms with Gasteiger partial charge in [0.25, 0.3) is 0 Å². The lowest BCUT2D eigenvalue weighted by Gasteiger charge is -2.18. The third-order valence-corrected chi connectivity index (χ3v) is 6.90. The number of carboxylic acid groups (broad SMARTS) is 1. The number of carbonyl (C=O) groups is 2. The van der Waals surface area contributed by atoms with Gasteiger partial charge in [-0.3, -0.25) is 14.6 Å². The summed E-state index contributed by atoms with van der Waals surface area (Å²) in [5, 5.41) is 10.4. The van der Waals surface area contributed by atoms with Gasteiger partial charge in [-0.25, -0.2) is 0 Å². The second-order valence-corrected chi connectivity index (χ2v) is 10.2. The summed E-state index contributed by atoms with van der Waals surface area (Å²) >= 11 is 7.27. The number of anilines is 1. The van der Waals surface area contributed by atoms with Gasteiger partial charge in [0.1, 0.15) is 0 Å². The molecule has 0 radical (unpaired) electrons. The average molecular weight is 554 g/mol. The van der Waals surface area contributed by atoms with Crippen molar-refractivity contribution < 1.29 is 14.7 Å². The van der Waals surface area contributed by atoms with Crippen molar-refractivity contribution in [3.8, 4) is 0 Å². The highest BCUT2D eigenvalue weighted by Crippen LogP contribution is 2.30. The Morgan fingerprint density at radius 2 is 1.82 bits per heavy atom. The molecular weight excluding hydrogens is 518 g/mol. The molecule has 0 aliphatic carbocycles. The van der Waals surface area contributed by atoms with Crippen LogP contribution in [0.1, 0.15) is 66.9 Å². The average Bonchev–Trinajstić information content (AvgIpc) is 3.27. The summed E-state index contributed by atoms with van der Waals surface area (Å²) in [6.45, 7) is 14.4. The van der Waals surface area contributed by atoms with E-state index < -0.39 is 5.97 Å². The Labute approximate surface area is 234 Å². The number of carboxylic acids is 1. The van der Waals surface area contributed by atoms with Gasteiger partial charge in [0, 0.05) is 16.1 Å². The van der Waals surface area contributed by atoms with Gasteiger partial charge in [-0.05, 0) is 92.2 Å². The molecule has 0 fully saturated rings. The van der Waals surface area contributed by atoms with Crippen LogP contribution >= 0.6 is 23.1 Å². The van der Waals surface area contributed by atoms with Gasteiger partial charge in [-0.15, -0.1) is 0 Å². The van der Waals surface area contributed by atoms with Gasteiger partial charge in [-0.1, -0.05) is 50.6 Å². The maximum absolute atomic E-state index is 11.6. The van der Waals surface area contributed by atoms with Gasteiger partial charge in [0.15, 0.2) is 0 Å². The largest absolute Gasteiger partial charge is 0.481 e. The van der Waals surface area contributed by atoms with E-state index in [1.54, 1.807) is 17.0 Å². The van der Waals surface area contributed by atoms with Crippen molar-refractivity contribution in [2.24, 2.45) is 0 Å². The second-order valence-electron chi connectivity index (χ2n) is 8.93. The van der Waals surface area contributed by atoms with E-state index in [1.807, 2.05) is 58.9 Å². The number of aliphatic carboxylic acids is 1. The first-order valence-corrected chi connectivity index (χ1v) is 13.7. The van der Waals surface area contributed by atoms with Crippen molar-refractivity contribution in [3.63, 3.8) is 0 Å². The summed E-state index contributed by atoms with van der Waals surface area (Å²) in [5.41, 5.74) is 6.97. The van der Waals surface area contributed by atoms with Gasteiger partial charge in [0.2, 0.25) is 6.41 Å². The SMILES string of the molecule is CC.CC(CC(=O)O)c1cccc(Cl)c1.Cc1cc(C)c2c(CN(C=O)c3ccc(C)nc3C)nsc2c1. The number of benzene rings is 2. The molecule has 1 N–H and O–H groups in total. The number of rotatable bonds is 7. The number of aryl methyl sites for hydroxylation is 4. The molecule has 0 saturated carbocycles. The van der Waals surface area contributed by atoms with Crippen LogP contribution in [0.3, 0.4) is 0 Å². The topological polar surface area (TPSA) is 83.4 Å². The number of hydrogen-bond donors (Lipinski definition) is 1. The van der Waals surface area contributed by atoms with Crippen LogP contribution in [-0.2, 0) is 16.1 Å². The molecular formula is C30H36ClN3O3S. The fraction of sp³-hybridized carbons (Fsp3) is 0.333. The van der Waals surface area contributed by atoms with Gasteiger partial charge in [-0.2, -0.15) is 4.37 Å². The Hall–Kier alpha value is -3.29. The van der Waals surface area contributed by atoms with E-state index in [0.717, 1.165) is 40.1 Å². The molecule has 0 aliphatic rings. The quantitative estimate of drug-likeness (QED) is 0.234. The van der Waals surface area contributed by atoms with Crippen LogP contribution in [0.5, 0.6) is 0 Å². The number of carbonyl (C=O) groups excluding carboxylic acids is 1. The Balaban J connectivity index is 0.000000288. The summed E-state index contributed by atoms with van der Waals surface area (Å²) in [6.07, 6.45) is 0.994. The molecule has 1 amide bonds. The van der Waals surface area contributed by atoms with Crippen LogP contribution < -0.4 is 4.90 Å². The molecule has 2 aromatic carbocycles. The summed E-state index contributed by atoms with van der Waals surface area (Å²) < 4.78 is 5.75. The van der Waals surface area contributed by atoms with Crippen LogP contribution in [-0.4, -0.2) is 26.8 Å². The van der Waals surface area contributed by atoms with E-state index in [1.165, 1.54) is 27.4 Å². The van der Waals surface area contributed by atoms with E-state index in [0.29, 0.717) is 11.6 Å². The second kappa shape index (κ2) is 14.6. The lowest BCUT2D eigenvalue weighted by molar-refractivity contribution is -0.137. The zero-order valence-electron chi connectivity index (χ0n) is 23.1. The first kappa shape index (κ1) is 30.9. The Morgan fingerprint density at radius 3 is 2.42 bits per heavy atom. The van der Waals surface area contributed by atoms with E-state index in [9.17, 15) is 9.59 Å². The number of aromatic nitrogens is 2. The van der Waals surface area contributed by atoms with Crippen LogP contribution in [0.25, 0.3) is 10.1 Å². The minimum Gasteiger partial charge on any atom is -0.481 e. The molecule has 2 aromatic heterocycles. The maximum atomic E-state index is 11.6. The van der Waals surface area contributed by atoms with Crippen LogP contribution in [0.2, 0.25) is 5.02 Å². The molecule has 0 bridgehead atoms. The van der Waals surface area contributed by atoms with Crippen molar-refractivity contribution in [2.45, 2.75) is 67.3 Å². The molecule has 2 heterocycles. The van der Waals surface area contributed by atoms with Gasteiger partial charge >= 0.3 is 5.97 Å². The smallest absolute Gasteiger partial charge is 0.303 e. The maximum Gasteiger partial charge on any atom is 0.303 e. The molecule has 8 heteroatoms. The molecule has 0 aliphatic heterocycles. The molecule has 38 heavy (non-hydrogen) atoms. The number of hydrogen-bond acceptors (Lipinski definition) is 5. The predicted octanol–water partition coefficient (Wildman–Crippen LogP) is 8.03. The highest BCUT2D eigenvalue weighted by molar-refractivity contribution is 7.13. The van der Waals surface area contributed by atoms with Gasteiger partial charge in [0.05, 0.1) is 34.7 Å². The summed E-state index contributed by atoms with van der Waals surface area (Å²) in [4.78, 5) is 28.2. The minimum atomic E-state index is -0.785. The summed E-state index contributed by atoms with van der Waals surface area (Å²) in [7, 11) is 0. The first-order chi connectivity index (χ1) is 18.1. The number of fused-ring (bicyclic) bond motifs is 1. The van der Waals surface area contributed by atoms with E-state index >= 15 is 0 Å². The molecule has 1 unspecified atom stereocenters. The number of amides is 1. The molecule has 6 nitrogen and oxygen atoms in total. The third kappa shape index (κ3) is 8.36. The number of pyridine rings is 1. The van der Waals surface area contributed by atoms with E-state index in [-0.39, 0.29) is 12.3 Å². The molecule has 202 valence electrons. The molecule has 4 rings (SSSR count). The Morgan fingerprint density at radius 1 is 1.11 bits per heavy atom. The third-order valence-electron chi connectivity index (χ3n) is 5.84. The molecule has 0 saturated heterocycles. The zero-order chi connectivity index (χ0) is 28.4. The molecule has 1 atom stereocenters. The molecule has 4 aromatic rings. The highest BCUT2D eigenvalue weighted by atomic mass is 35.5. The normalized spacial score (nSPS) is 11.1. The van der Waals surface area contributed by atoms with E-state index in [2.05, 4.69) is 35.3 Å². The van der Waals surface area contributed by atoms with E-state index in [4.69, 9.17) is 16.7 Å². The van der Waals surface area contributed by atoms with Crippen molar-refractivity contribution >= 4 is 51.3 Å². The lowest BCUT2D eigenvalue weighted by atomic mass is 9.98. The molecule has 0 spiro atoms. The van der Waals surface area contributed by atoms with Crippen LogP contribution in [0.15, 0.2) is 48.5 Å². The van der Waals surface area contributed by atoms with Crippen molar-refractivity contribution in [1.82, 2.24) is 9.36 Å². The van der Waals surface area contributed by atoms with Crippen molar-refractivity contribution in [1.29, 1.82) is 0 Å². The summed E-state index contributed by atoms with van der Waals surface area (Å²) in [5.74, 6) is -0.774. The summed E-state index contributed by atoms with van der Waals surface area (Å²) in [6, 6.07) is 15.5. The van der Waals surface area contributed by atoms with Crippen molar-refractivity contribution in [2.75, 3.05) is 4.90 Å². The first-order valence-electron chi connectivity index (χ1n) is 12.6.